The number of hydrogen-bond donors (Lipinski definition) is 1. The number of nitrogens with zero attached hydrogens (tertiary/aromatic N) is 3. The fraction of sp³-hybridized carbons (Fsp3) is 0.143. The molecule has 3 rings (SSSR count). The second-order valence-electron chi connectivity index (χ2n) is 4.47. The lowest BCUT2D eigenvalue weighted by molar-refractivity contribution is 0.693. The molecule has 0 radical (unpaired) electrons. The second-order valence-corrected chi connectivity index (χ2v) is 6.94. The number of hydrogen-bond acceptors (Lipinski definition) is 4. The van der Waals surface area contributed by atoms with Crippen molar-refractivity contribution >= 4 is 44.0 Å². The maximum atomic E-state index is 5.97. The van der Waals surface area contributed by atoms with E-state index in [-0.39, 0.29) is 0 Å². The van der Waals surface area contributed by atoms with Crippen LogP contribution in [0.4, 0.5) is 5.13 Å². The van der Waals surface area contributed by atoms with Gasteiger partial charge in [-0.15, -0.1) is 11.3 Å². The molecule has 0 fully saturated rings. The standard InChI is InChI=1S/C14H12BrClN4S/c15-11-6-19-20(8-11)9-13-7-18-14(21-13)17-5-10-2-1-3-12(16)4-10/h1-4,6-8H,5,9H2,(H,17,18). The minimum absolute atomic E-state index is 0.709. The Bertz CT molecular complexity index is 740. The first-order chi connectivity index (χ1) is 10.2. The smallest absolute Gasteiger partial charge is 0.183 e. The molecule has 2 aromatic heterocycles. The molecule has 0 amide bonds. The highest BCUT2D eigenvalue weighted by atomic mass is 79.9. The van der Waals surface area contributed by atoms with E-state index in [0.29, 0.717) is 6.54 Å². The summed E-state index contributed by atoms with van der Waals surface area (Å²) in [6.45, 7) is 1.43. The summed E-state index contributed by atoms with van der Waals surface area (Å²) in [6.07, 6.45) is 5.60. The van der Waals surface area contributed by atoms with Crippen molar-refractivity contribution < 1.29 is 0 Å². The summed E-state index contributed by atoms with van der Waals surface area (Å²) in [5, 5.41) is 9.19. The minimum atomic E-state index is 0.709. The Morgan fingerprint density at radius 1 is 1.33 bits per heavy atom. The number of rotatable bonds is 5. The first-order valence-electron chi connectivity index (χ1n) is 6.30. The topological polar surface area (TPSA) is 42.7 Å². The molecule has 0 aliphatic rings. The molecule has 0 aliphatic carbocycles. The van der Waals surface area contributed by atoms with Gasteiger partial charge in [-0.2, -0.15) is 5.10 Å². The van der Waals surface area contributed by atoms with Crippen LogP contribution >= 0.6 is 38.9 Å². The van der Waals surface area contributed by atoms with Crippen molar-refractivity contribution in [1.82, 2.24) is 14.8 Å². The SMILES string of the molecule is Clc1cccc(CNc2ncc(Cn3cc(Br)cn3)s2)c1. The van der Waals surface area contributed by atoms with E-state index < -0.39 is 0 Å². The van der Waals surface area contributed by atoms with Gasteiger partial charge in [0.25, 0.3) is 0 Å². The number of aromatic nitrogens is 3. The van der Waals surface area contributed by atoms with Crippen LogP contribution in [0.3, 0.4) is 0 Å². The van der Waals surface area contributed by atoms with Crippen molar-refractivity contribution in [2.45, 2.75) is 13.1 Å². The van der Waals surface area contributed by atoms with Gasteiger partial charge in [-0.1, -0.05) is 23.7 Å². The van der Waals surface area contributed by atoms with E-state index in [9.17, 15) is 0 Å². The van der Waals surface area contributed by atoms with Gasteiger partial charge >= 0.3 is 0 Å². The largest absolute Gasteiger partial charge is 0.357 e. The van der Waals surface area contributed by atoms with Crippen LogP contribution in [0.1, 0.15) is 10.4 Å². The predicted octanol–water partition coefficient (Wildman–Crippen LogP) is 4.42. The number of nitrogens with one attached hydrogen (secondary N) is 1. The van der Waals surface area contributed by atoms with E-state index in [1.807, 2.05) is 41.3 Å². The molecule has 1 aromatic carbocycles. The molecule has 0 bridgehead atoms. The Kier molecular flexibility index (Phi) is 4.57. The Morgan fingerprint density at radius 2 is 2.24 bits per heavy atom. The van der Waals surface area contributed by atoms with Crippen LogP contribution in [-0.2, 0) is 13.1 Å². The summed E-state index contributed by atoms with van der Waals surface area (Å²) in [5.41, 5.74) is 1.13. The average Bonchev–Trinajstić information content (AvgIpc) is 3.06. The van der Waals surface area contributed by atoms with Gasteiger partial charge in [0.05, 0.1) is 17.2 Å². The van der Waals surface area contributed by atoms with Gasteiger partial charge in [0.2, 0.25) is 0 Å². The molecule has 108 valence electrons. The molecule has 3 aromatic rings. The maximum Gasteiger partial charge on any atom is 0.183 e. The molecular formula is C14H12BrClN4S. The van der Waals surface area contributed by atoms with Crippen molar-refractivity contribution in [2.75, 3.05) is 5.32 Å². The zero-order valence-electron chi connectivity index (χ0n) is 11.0. The van der Waals surface area contributed by atoms with Gasteiger partial charge in [-0.05, 0) is 33.6 Å². The molecular weight excluding hydrogens is 372 g/mol. The van der Waals surface area contributed by atoms with Crippen molar-refractivity contribution in [3.05, 3.63) is 62.8 Å². The summed E-state index contributed by atoms with van der Waals surface area (Å²) in [5.74, 6) is 0. The second kappa shape index (κ2) is 6.60. The molecule has 0 atom stereocenters. The summed E-state index contributed by atoms with van der Waals surface area (Å²) in [7, 11) is 0. The fourth-order valence-corrected chi connectivity index (χ4v) is 3.21. The molecule has 0 unspecified atom stereocenters. The van der Waals surface area contributed by atoms with E-state index in [1.165, 1.54) is 0 Å². The van der Waals surface area contributed by atoms with Crippen LogP contribution in [0.2, 0.25) is 5.02 Å². The van der Waals surface area contributed by atoms with Crippen LogP contribution in [0, 0.1) is 0 Å². The van der Waals surface area contributed by atoms with E-state index in [2.05, 4.69) is 31.3 Å². The van der Waals surface area contributed by atoms with Gasteiger partial charge in [0, 0.05) is 28.8 Å². The summed E-state index contributed by atoms with van der Waals surface area (Å²) >= 11 is 11.0. The minimum Gasteiger partial charge on any atom is -0.357 e. The molecule has 2 heterocycles. The third kappa shape index (κ3) is 4.06. The summed E-state index contributed by atoms with van der Waals surface area (Å²) in [6, 6.07) is 7.80. The third-order valence-corrected chi connectivity index (χ3v) is 4.39. The van der Waals surface area contributed by atoms with Crippen LogP contribution in [0.25, 0.3) is 0 Å². The lowest BCUT2D eigenvalue weighted by Crippen LogP contribution is -1.98. The van der Waals surface area contributed by atoms with E-state index in [4.69, 9.17) is 11.6 Å². The molecule has 7 heteroatoms. The Hall–Kier alpha value is -1.37. The highest BCUT2D eigenvalue weighted by Gasteiger charge is 2.04. The highest BCUT2D eigenvalue weighted by molar-refractivity contribution is 9.10. The molecule has 1 N–H and O–H groups in total. The van der Waals surface area contributed by atoms with E-state index >= 15 is 0 Å². The summed E-state index contributed by atoms with van der Waals surface area (Å²) in [4.78, 5) is 5.53. The highest BCUT2D eigenvalue weighted by Crippen LogP contribution is 2.20. The summed E-state index contributed by atoms with van der Waals surface area (Å²) < 4.78 is 2.85. The van der Waals surface area contributed by atoms with Crippen LogP contribution in [-0.4, -0.2) is 14.8 Å². The molecule has 0 saturated heterocycles. The number of thiazole rings is 1. The zero-order valence-corrected chi connectivity index (χ0v) is 14.1. The maximum absolute atomic E-state index is 5.97. The molecule has 4 nitrogen and oxygen atoms in total. The Balaban J connectivity index is 1.60. The Labute approximate surface area is 139 Å². The van der Waals surface area contributed by atoms with Gasteiger partial charge in [0.1, 0.15) is 0 Å². The molecule has 0 aliphatic heterocycles. The first-order valence-corrected chi connectivity index (χ1v) is 8.29. The van der Waals surface area contributed by atoms with Gasteiger partial charge in [-0.25, -0.2) is 4.98 Å². The monoisotopic (exact) mass is 382 g/mol. The number of halogens is 2. The van der Waals surface area contributed by atoms with Crippen molar-refractivity contribution in [1.29, 1.82) is 0 Å². The van der Waals surface area contributed by atoms with Crippen molar-refractivity contribution in [2.24, 2.45) is 0 Å². The lowest BCUT2D eigenvalue weighted by Gasteiger charge is -2.03. The molecule has 21 heavy (non-hydrogen) atoms. The van der Waals surface area contributed by atoms with Gasteiger partial charge in [-0.3, -0.25) is 4.68 Å². The zero-order chi connectivity index (χ0) is 14.7. The van der Waals surface area contributed by atoms with Crippen LogP contribution in [0.15, 0.2) is 47.3 Å². The average molecular weight is 384 g/mol. The first kappa shape index (κ1) is 14.6. The lowest BCUT2D eigenvalue weighted by atomic mass is 10.2. The van der Waals surface area contributed by atoms with Crippen LogP contribution < -0.4 is 5.32 Å². The van der Waals surface area contributed by atoms with E-state index in [0.717, 1.165) is 31.6 Å². The van der Waals surface area contributed by atoms with Crippen molar-refractivity contribution in [3.63, 3.8) is 0 Å². The third-order valence-electron chi connectivity index (χ3n) is 2.81. The van der Waals surface area contributed by atoms with Crippen LogP contribution in [0.5, 0.6) is 0 Å². The number of anilines is 1. The Morgan fingerprint density at radius 3 is 3.00 bits per heavy atom. The predicted molar refractivity (Wildman–Crippen MR) is 89.9 cm³/mol. The fourth-order valence-electron chi connectivity index (χ4n) is 1.87. The van der Waals surface area contributed by atoms with Crippen molar-refractivity contribution in [3.8, 4) is 0 Å². The number of benzene rings is 1. The normalized spacial score (nSPS) is 10.8. The molecule has 0 spiro atoms. The van der Waals surface area contributed by atoms with Gasteiger partial charge < -0.3 is 5.32 Å². The quantitative estimate of drug-likeness (QED) is 0.709. The van der Waals surface area contributed by atoms with Gasteiger partial charge in [0.15, 0.2) is 5.13 Å². The van der Waals surface area contributed by atoms with E-state index in [1.54, 1.807) is 17.5 Å². The molecule has 0 saturated carbocycles.